The molecule has 0 aromatic heterocycles. The van der Waals surface area contributed by atoms with E-state index < -0.39 is 12.1 Å². The van der Waals surface area contributed by atoms with Crippen molar-refractivity contribution in [1.82, 2.24) is 5.32 Å². The topological polar surface area (TPSA) is 86.6 Å². The maximum Gasteiger partial charge on any atom is 0.332 e. The number of benzene rings is 2. The molecule has 0 aliphatic rings. The normalized spacial score (nSPS) is 12.0. The number of carbonyl (C=O) groups is 2. The highest BCUT2D eigenvalue weighted by Gasteiger charge is 2.13. The Hall–Kier alpha value is -2.40. The highest BCUT2D eigenvalue weighted by atomic mass is 16.4. The molecule has 0 bridgehead atoms. The van der Waals surface area contributed by atoms with Crippen LogP contribution < -0.4 is 5.32 Å². The van der Waals surface area contributed by atoms with E-state index in [1.807, 2.05) is 42.5 Å². The molecule has 1 atom stereocenters. The number of aliphatic hydroxyl groups is 1. The average molecular weight is 287 g/mol. The van der Waals surface area contributed by atoms with Crippen LogP contribution >= 0.6 is 0 Å². The molecule has 0 fully saturated rings. The molecule has 21 heavy (non-hydrogen) atoms. The summed E-state index contributed by atoms with van der Waals surface area (Å²) in [6.07, 6.45) is -1.22. The first-order valence-electron chi connectivity index (χ1n) is 6.72. The van der Waals surface area contributed by atoms with Crippen LogP contribution in [0.25, 0.3) is 10.8 Å². The van der Waals surface area contributed by atoms with Gasteiger partial charge < -0.3 is 15.5 Å². The summed E-state index contributed by atoms with van der Waals surface area (Å²) < 4.78 is 0. The Morgan fingerprint density at radius 1 is 1.10 bits per heavy atom. The maximum atomic E-state index is 11.9. The molecular weight excluding hydrogens is 270 g/mol. The van der Waals surface area contributed by atoms with Gasteiger partial charge in [-0.2, -0.15) is 0 Å². The van der Waals surface area contributed by atoms with E-state index in [0.29, 0.717) is 0 Å². The minimum absolute atomic E-state index is 0.00336. The van der Waals surface area contributed by atoms with Gasteiger partial charge in [-0.1, -0.05) is 42.5 Å². The Kier molecular flexibility index (Phi) is 4.90. The van der Waals surface area contributed by atoms with Crippen LogP contribution in [0.3, 0.4) is 0 Å². The monoisotopic (exact) mass is 287 g/mol. The summed E-state index contributed by atoms with van der Waals surface area (Å²) in [5.41, 5.74) is 0.921. The van der Waals surface area contributed by atoms with Gasteiger partial charge in [-0.3, -0.25) is 4.79 Å². The zero-order valence-electron chi connectivity index (χ0n) is 11.5. The smallest absolute Gasteiger partial charge is 0.332 e. The molecule has 2 aromatic carbocycles. The van der Waals surface area contributed by atoms with Crippen molar-refractivity contribution in [1.29, 1.82) is 0 Å². The third kappa shape index (κ3) is 4.03. The van der Waals surface area contributed by atoms with Crippen LogP contribution in [0.5, 0.6) is 0 Å². The van der Waals surface area contributed by atoms with E-state index in [-0.39, 0.29) is 25.3 Å². The molecule has 0 heterocycles. The van der Waals surface area contributed by atoms with Gasteiger partial charge >= 0.3 is 5.97 Å². The largest absolute Gasteiger partial charge is 0.479 e. The fourth-order valence-corrected chi connectivity index (χ4v) is 2.15. The SMILES string of the molecule is O=C(Cc1cccc2ccccc12)NCC[C@H](O)C(=O)O. The summed E-state index contributed by atoms with van der Waals surface area (Å²) >= 11 is 0. The van der Waals surface area contributed by atoms with Crippen molar-refractivity contribution in [2.75, 3.05) is 6.54 Å². The number of fused-ring (bicyclic) bond motifs is 1. The quantitative estimate of drug-likeness (QED) is 0.748. The fourth-order valence-electron chi connectivity index (χ4n) is 2.15. The second-order valence-electron chi connectivity index (χ2n) is 4.81. The number of hydrogen-bond acceptors (Lipinski definition) is 3. The predicted octanol–water partition coefficient (Wildman–Crippen LogP) is 1.33. The third-order valence-electron chi connectivity index (χ3n) is 3.26. The van der Waals surface area contributed by atoms with Gasteiger partial charge in [-0.25, -0.2) is 4.79 Å². The summed E-state index contributed by atoms with van der Waals surface area (Å²) in [5.74, 6) is -1.47. The molecule has 3 N–H and O–H groups in total. The van der Waals surface area contributed by atoms with E-state index in [4.69, 9.17) is 10.2 Å². The van der Waals surface area contributed by atoms with E-state index in [1.54, 1.807) is 0 Å². The molecule has 0 spiro atoms. The van der Waals surface area contributed by atoms with Gasteiger partial charge in [0.15, 0.2) is 6.10 Å². The molecule has 0 saturated heterocycles. The molecule has 2 aromatic rings. The number of carboxylic acids is 1. The molecule has 0 radical (unpaired) electrons. The Labute approximate surface area is 122 Å². The number of aliphatic carboxylic acids is 1. The summed E-state index contributed by atoms with van der Waals surface area (Å²) in [4.78, 5) is 22.3. The lowest BCUT2D eigenvalue weighted by Gasteiger charge is -2.09. The van der Waals surface area contributed by atoms with Crippen LogP contribution in [0.1, 0.15) is 12.0 Å². The molecule has 0 saturated carbocycles. The van der Waals surface area contributed by atoms with Crippen LogP contribution in [0.2, 0.25) is 0 Å². The number of carbonyl (C=O) groups excluding carboxylic acids is 1. The molecule has 0 aliphatic heterocycles. The van der Waals surface area contributed by atoms with E-state index in [0.717, 1.165) is 16.3 Å². The molecule has 110 valence electrons. The Morgan fingerprint density at radius 2 is 1.81 bits per heavy atom. The van der Waals surface area contributed by atoms with Crippen molar-refractivity contribution in [3.05, 3.63) is 48.0 Å². The molecule has 1 amide bonds. The van der Waals surface area contributed by atoms with Crippen LogP contribution in [-0.4, -0.2) is 34.7 Å². The van der Waals surface area contributed by atoms with Gasteiger partial charge in [0.1, 0.15) is 0 Å². The van der Waals surface area contributed by atoms with E-state index in [1.165, 1.54) is 0 Å². The minimum Gasteiger partial charge on any atom is -0.479 e. The number of aliphatic hydroxyl groups excluding tert-OH is 1. The Morgan fingerprint density at radius 3 is 2.57 bits per heavy atom. The number of rotatable bonds is 6. The third-order valence-corrected chi connectivity index (χ3v) is 3.26. The summed E-state index contributed by atoms with van der Waals surface area (Å²) in [6.45, 7) is 0.136. The molecule has 0 unspecified atom stereocenters. The van der Waals surface area contributed by atoms with Crippen LogP contribution in [0, 0.1) is 0 Å². The predicted molar refractivity (Wildman–Crippen MR) is 78.9 cm³/mol. The second kappa shape index (κ2) is 6.85. The molecule has 0 aliphatic carbocycles. The molecule has 5 heteroatoms. The zero-order valence-corrected chi connectivity index (χ0v) is 11.5. The molecule has 2 rings (SSSR count). The van der Waals surface area contributed by atoms with Gasteiger partial charge in [-0.15, -0.1) is 0 Å². The Balaban J connectivity index is 1.94. The maximum absolute atomic E-state index is 11.9. The molecule has 5 nitrogen and oxygen atoms in total. The standard InChI is InChI=1S/C16H17NO4/c18-14(16(20)21)8-9-17-15(19)10-12-6-3-5-11-4-1-2-7-13(11)12/h1-7,14,18H,8-10H2,(H,17,19)(H,20,21)/t14-/m0/s1. The van der Waals surface area contributed by atoms with Crippen molar-refractivity contribution in [2.45, 2.75) is 18.9 Å². The Bertz CT molecular complexity index is 648. The van der Waals surface area contributed by atoms with Crippen molar-refractivity contribution in [2.24, 2.45) is 0 Å². The summed E-state index contributed by atoms with van der Waals surface area (Å²) in [6, 6.07) is 13.6. The highest BCUT2D eigenvalue weighted by molar-refractivity contribution is 5.90. The zero-order chi connectivity index (χ0) is 15.2. The second-order valence-corrected chi connectivity index (χ2v) is 4.81. The molecular formula is C16H17NO4. The first kappa shape index (κ1) is 15.0. The number of amides is 1. The van der Waals surface area contributed by atoms with Crippen LogP contribution in [0.15, 0.2) is 42.5 Å². The van der Waals surface area contributed by atoms with E-state index >= 15 is 0 Å². The first-order chi connectivity index (χ1) is 10.1. The van der Waals surface area contributed by atoms with Crippen molar-refractivity contribution >= 4 is 22.6 Å². The van der Waals surface area contributed by atoms with Crippen molar-refractivity contribution < 1.29 is 19.8 Å². The average Bonchev–Trinajstić information content (AvgIpc) is 2.47. The summed E-state index contributed by atoms with van der Waals surface area (Å²) in [7, 11) is 0. The van der Waals surface area contributed by atoms with E-state index in [2.05, 4.69) is 5.32 Å². The number of hydrogen-bond donors (Lipinski definition) is 3. The van der Waals surface area contributed by atoms with E-state index in [9.17, 15) is 9.59 Å². The summed E-state index contributed by atoms with van der Waals surface area (Å²) in [5, 5.41) is 22.4. The highest BCUT2D eigenvalue weighted by Crippen LogP contribution is 2.18. The number of nitrogens with one attached hydrogen (secondary N) is 1. The van der Waals surface area contributed by atoms with Gasteiger partial charge in [0.2, 0.25) is 5.91 Å². The minimum atomic E-state index is -1.44. The number of carboxylic acid groups (broad SMARTS) is 1. The van der Waals surface area contributed by atoms with Gasteiger partial charge in [0, 0.05) is 13.0 Å². The van der Waals surface area contributed by atoms with Gasteiger partial charge in [-0.05, 0) is 16.3 Å². The first-order valence-corrected chi connectivity index (χ1v) is 6.72. The fraction of sp³-hybridized carbons (Fsp3) is 0.250. The van der Waals surface area contributed by atoms with Crippen LogP contribution in [0.4, 0.5) is 0 Å². The lowest BCUT2D eigenvalue weighted by Crippen LogP contribution is -2.31. The van der Waals surface area contributed by atoms with Gasteiger partial charge in [0.05, 0.1) is 6.42 Å². The van der Waals surface area contributed by atoms with Gasteiger partial charge in [0.25, 0.3) is 0 Å². The van der Waals surface area contributed by atoms with Crippen molar-refractivity contribution in [3.8, 4) is 0 Å². The lowest BCUT2D eigenvalue weighted by atomic mass is 10.0. The van der Waals surface area contributed by atoms with Crippen molar-refractivity contribution in [3.63, 3.8) is 0 Å². The van der Waals surface area contributed by atoms with Crippen LogP contribution in [-0.2, 0) is 16.0 Å². The lowest BCUT2D eigenvalue weighted by molar-refractivity contribution is -0.147.